The predicted molar refractivity (Wildman–Crippen MR) is 120 cm³/mol. The van der Waals surface area contributed by atoms with Crippen molar-refractivity contribution in [2.45, 2.75) is 50.6 Å². The fraction of sp³-hybridized carbons (Fsp3) is 0.435. The van der Waals surface area contributed by atoms with Crippen molar-refractivity contribution in [1.82, 2.24) is 10.2 Å². The van der Waals surface area contributed by atoms with E-state index in [1.54, 1.807) is 0 Å². The highest BCUT2D eigenvalue weighted by atomic mass is 32.1. The van der Waals surface area contributed by atoms with Gasteiger partial charge in [0, 0.05) is 11.7 Å². The molecule has 33 heavy (non-hydrogen) atoms. The molecule has 2 aromatic carbocycles. The van der Waals surface area contributed by atoms with Crippen LogP contribution in [-0.4, -0.2) is 29.1 Å². The first-order valence-electron chi connectivity index (χ1n) is 10.6. The van der Waals surface area contributed by atoms with E-state index in [0.717, 1.165) is 37.9 Å². The average Bonchev–Trinajstić information content (AvgIpc) is 2.77. The van der Waals surface area contributed by atoms with Crippen LogP contribution in [0.15, 0.2) is 48.5 Å². The van der Waals surface area contributed by atoms with Gasteiger partial charge in [0.05, 0.1) is 17.2 Å². The molecule has 0 aliphatic carbocycles. The van der Waals surface area contributed by atoms with E-state index in [-0.39, 0.29) is 28.9 Å². The van der Waals surface area contributed by atoms with E-state index in [9.17, 15) is 26.3 Å². The predicted octanol–water partition coefficient (Wildman–Crippen LogP) is 6.63. The van der Waals surface area contributed by atoms with E-state index in [1.807, 2.05) is 37.3 Å². The zero-order valence-electron chi connectivity index (χ0n) is 17.9. The lowest BCUT2D eigenvalue weighted by Crippen LogP contribution is -2.47. The maximum atomic E-state index is 13.2. The number of hydrogen-bond donors (Lipinski definition) is 2. The molecule has 0 saturated carbocycles. The second kappa shape index (κ2) is 10.3. The number of piperidine rings is 1. The molecule has 1 aliphatic rings. The normalized spacial score (nSPS) is 17.3. The van der Waals surface area contributed by atoms with Gasteiger partial charge in [0.1, 0.15) is 0 Å². The van der Waals surface area contributed by atoms with E-state index in [0.29, 0.717) is 12.1 Å². The zero-order chi connectivity index (χ0) is 24.2. The van der Waals surface area contributed by atoms with Crippen molar-refractivity contribution < 1.29 is 26.3 Å². The van der Waals surface area contributed by atoms with E-state index in [1.165, 1.54) is 0 Å². The zero-order valence-corrected chi connectivity index (χ0v) is 18.7. The lowest BCUT2D eigenvalue weighted by Gasteiger charge is -2.38. The van der Waals surface area contributed by atoms with Gasteiger partial charge in [-0.25, -0.2) is 0 Å². The molecule has 1 fully saturated rings. The van der Waals surface area contributed by atoms with Crippen LogP contribution in [0.1, 0.15) is 48.9 Å². The fourth-order valence-corrected chi connectivity index (χ4v) is 4.26. The Morgan fingerprint density at radius 1 is 0.879 bits per heavy atom. The minimum atomic E-state index is -4.93. The van der Waals surface area contributed by atoms with Crippen LogP contribution in [0.3, 0.4) is 0 Å². The Bertz CT molecular complexity index is 907. The number of thiocarbonyl (C=S) groups is 1. The first kappa shape index (κ1) is 25.3. The van der Waals surface area contributed by atoms with Crippen molar-refractivity contribution >= 4 is 23.0 Å². The van der Waals surface area contributed by atoms with Crippen LogP contribution in [0.2, 0.25) is 0 Å². The molecule has 2 aromatic rings. The molecule has 2 N–H and O–H groups in total. The summed E-state index contributed by atoms with van der Waals surface area (Å²) in [6.45, 7) is 3.86. The summed E-state index contributed by atoms with van der Waals surface area (Å²) in [6, 6.07) is 10.4. The summed E-state index contributed by atoms with van der Waals surface area (Å²) in [5.41, 5.74) is -2.26. The van der Waals surface area contributed by atoms with Gasteiger partial charge in [0.2, 0.25) is 0 Å². The molecular formula is C23H25F6N3S. The standard InChI is InChI=1S/C23H25F6N3S/c1-15(32-10-6-3-7-11-32)20(16-8-4-2-5-9-16)31-21(33)30-19-13-17(22(24,25)26)12-18(14-19)23(27,28)29/h2,4-5,8-9,12-15,20H,3,6-7,10-11H2,1H3,(H2,30,31,33)/t15?,20-/m1/s1. The van der Waals surface area contributed by atoms with E-state index < -0.39 is 23.5 Å². The van der Waals surface area contributed by atoms with Gasteiger partial charge in [-0.2, -0.15) is 26.3 Å². The van der Waals surface area contributed by atoms with Gasteiger partial charge in [-0.05, 0) is 68.8 Å². The molecule has 3 rings (SSSR count). The van der Waals surface area contributed by atoms with Crippen molar-refractivity contribution in [3.63, 3.8) is 0 Å². The molecule has 2 atom stereocenters. The fourth-order valence-electron chi connectivity index (χ4n) is 4.01. The van der Waals surface area contributed by atoms with Crippen LogP contribution >= 0.6 is 12.2 Å². The molecule has 1 heterocycles. The van der Waals surface area contributed by atoms with Crippen LogP contribution in [0, 0.1) is 0 Å². The number of alkyl halides is 6. The maximum absolute atomic E-state index is 13.2. The first-order valence-corrected chi connectivity index (χ1v) is 11.0. The Balaban J connectivity index is 1.84. The SMILES string of the molecule is CC([C@@H](NC(=S)Nc1cc(C(F)(F)F)cc(C(F)(F)F)c1)c1ccccc1)N1CCCCC1. The van der Waals surface area contributed by atoms with E-state index in [2.05, 4.69) is 15.5 Å². The smallest absolute Gasteiger partial charge is 0.354 e. The highest BCUT2D eigenvalue weighted by Crippen LogP contribution is 2.37. The second-order valence-electron chi connectivity index (χ2n) is 8.12. The average molecular weight is 490 g/mol. The molecule has 3 nitrogen and oxygen atoms in total. The highest BCUT2D eigenvalue weighted by Gasteiger charge is 2.37. The van der Waals surface area contributed by atoms with Crippen LogP contribution in [0.4, 0.5) is 32.0 Å². The van der Waals surface area contributed by atoms with Crippen molar-refractivity contribution in [3.8, 4) is 0 Å². The summed E-state index contributed by atoms with van der Waals surface area (Å²) in [5.74, 6) is 0. The third kappa shape index (κ3) is 6.83. The molecule has 1 aliphatic heterocycles. The Morgan fingerprint density at radius 2 is 1.42 bits per heavy atom. The molecule has 0 amide bonds. The monoisotopic (exact) mass is 489 g/mol. The molecular weight excluding hydrogens is 464 g/mol. The minimum Gasteiger partial charge on any atom is -0.354 e. The van der Waals surface area contributed by atoms with Crippen LogP contribution < -0.4 is 10.6 Å². The van der Waals surface area contributed by atoms with Crippen molar-refractivity contribution in [2.75, 3.05) is 18.4 Å². The molecule has 0 aromatic heterocycles. The molecule has 1 saturated heterocycles. The van der Waals surface area contributed by atoms with Crippen LogP contribution in [0.5, 0.6) is 0 Å². The Morgan fingerprint density at radius 3 is 1.94 bits per heavy atom. The molecule has 1 unspecified atom stereocenters. The highest BCUT2D eigenvalue weighted by molar-refractivity contribution is 7.80. The van der Waals surface area contributed by atoms with E-state index >= 15 is 0 Å². The first-order chi connectivity index (χ1) is 15.4. The Labute approximate surface area is 194 Å². The summed E-state index contributed by atoms with van der Waals surface area (Å²) >= 11 is 5.30. The third-order valence-corrected chi connectivity index (χ3v) is 5.96. The van der Waals surface area contributed by atoms with Gasteiger partial charge in [0.15, 0.2) is 5.11 Å². The summed E-state index contributed by atoms with van der Waals surface area (Å²) in [6.07, 6.45) is -6.56. The van der Waals surface area contributed by atoms with Gasteiger partial charge in [-0.1, -0.05) is 36.8 Å². The number of anilines is 1. The van der Waals surface area contributed by atoms with E-state index in [4.69, 9.17) is 12.2 Å². The summed E-state index contributed by atoms with van der Waals surface area (Å²) in [7, 11) is 0. The molecule has 180 valence electrons. The number of nitrogens with one attached hydrogen (secondary N) is 2. The van der Waals surface area contributed by atoms with Gasteiger partial charge in [-0.3, -0.25) is 4.90 Å². The van der Waals surface area contributed by atoms with Gasteiger partial charge in [0.25, 0.3) is 0 Å². The second-order valence-corrected chi connectivity index (χ2v) is 8.53. The maximum Gasteiger partial charge on any atom is 0.416 e. The molecule has 0 spiro atoms. The van der Waals surface area contributed by atoms with Gasteiger partial charge >= 0.3 is 12.4 Å². The topological polar surface area (TPSA) is 27.3 Å². The van der Waals surface area contributed by atoms with Gasteiger partial charge in [-0.15, -0.1) is 0 Å². The molecule has 0 radical (unpaired) electrons. The lowest BCUT2D eigenvalue weighted by atomic mass is 9.97. The summed E-state index contributed by atoms with van der Waals surface area (Å²) in [4.78, 5) is 2.31. The number of benzene rings is 2. The number of likely N-dealkylation sites (tertiary alicyclic amines) is 1. The van der Waals surface area contributed by atoms with Crippen LogP contribution in [-0.2, 0) is 12.4 Å². The lowest BCUT2D eigenvalue weighted by molar-refractivity contribution is -0.143. The number of halogens is 6. The van der Waals surface area contributed by atoms with Crippen molar-refractivity contribution in [2.24, 2.45) is 0 Å². The number of hydrogen-bond acceptors (Lipinski definition) is 2. The quantitative estimate of drug-likeness (QED) is 0.364. The molecule has 0 bridgehead atoms. The van der Waals surface area contributed by atoms with Crippen molar-refractivity contribution in [3.05, 3.63) is 65.2 Å². The minimum absolute atomic E-state index is 0.000282. The number of rotatable bonds is 5. The third-order valence-electron chi connectivity index (χ3n) is 5.74. The summed E-state index contributed by atoms with van der Waals surface area (Å²) in [5, 5.41) is 5.58. The number of nitrogens with zero attached hydrogens (tertiary/aromatic N) is 1. The molecule has 10 heteroatoms. The summed E-state index contributed by atoms with van der Waals surface area (Å²) < 4.78 is 79.0. The largest absolute Gasteiger partial charge is 0.416 e. The Hall–Kier alpha value is -2.33. The Kier molecular flexibility index (Phi) is 7.89. The van der Waals surface area contributed by atoms with Crippen molar-refractivity contribution in [1.29, 1.82) is 0 Å². The van der Waals surface area contributed by atoms with Crippen LogP contribution in [0.25, 0.3) is 0 Å². The van der Waals surface area contributed by atoms with Gasteiger partial charge < -0.3 is 10.6 Å².